The molecule has 2 bridgehead atoms. The van der Waals surface area contributed by atoms with Crippen molar-refractivity contribution in [1.29, 1.82) is 0 Å². The smallest absolute Gasteiger partial charge is 0.365 e. The number of hydrogen-bond acceptors (Lipinski definition) is 6. The second-order valence-electron chi connectivity index (χ2n) is 9.76. The monoisotopic (exact) mass is 490 g/mol. The van der Waals surface area contributed by atoms with Crippen molar-refractivity contribution >= 4 is 11.7 Å². The standard InChI is InChI=1S/C25H29F3N4O3/c1-15-30-19(12-20(33)32-24-7-5-16(13-24)6-8-24)21(23-34-9-10-35-23)22(31-15)29-14-17-3-2-4-18(11-17)25(26,27)28/h2-4,11,16,23H,5-10,12-14H2,1H3,(H,32,33)(H,29,30,31). The number of ether oxygens (including phenoxy) is 2. The molecule has 7 nitrogen and oxygen atoms in total. The summed E-state index contributed by atoms with van der Waals surface area (Å²) >= 11 is 0. The van der Waals surface area contributed by atoms with Gasteiger partial charge in [0, 0.05) is 12.1 Å². The minimum absolute atomic E-state index is 0.0482. The molecule has 2 N–H and O–H groups in total. The molecule has 3 aliphatic rings. The molecular weight excluding hydrogens is 461 g/mol. The molecule has 0 radical (unpaired) electrons. The van der Waals surface area contributed by atoms with Crippen molar-refractivity contribution in [2.45, 2.75) is 70.0 Å². The summed E-state index contributed by atoms with van der Waals surface area (Å²) < 4.78 is 50.8. The molecule has 5 rings (SSSR count). The average molecular weight is 491 g/mol. The fourth-order valence-electron chi connectivity index (χ4n) is 5.58. The molecule has 3 fully saturated rings. The zero-order valence-corrected chi connectivity index (χ0v) is 19.6. The zero-order chi connectivity index (χ0) is 24.6. The lowest BCUT2D eigenvalue weighted by Crippen LogP contribution is -2.45. The first-order chi connectivity index (χ1) is 16.7. The van der Waals surface area contributed by atoms with Crippen LogP contribution in [0.4, 0.5) is 19.0 Å². The SMILES string of the molecule is Cc1nc(CC(=O)NC23CCC(CC2)C3)c(C2OCCO2)c(NCc2cccc(C(F)(F)F)c2)n1. The van der Waals surface area contributed by atoms with Gasteiger partial charge in [0.25, 0.3) is 0 Å². The molecule has 2 aliphatic carbocycles. The molecule has 0 atom stereocenters. The van der Waals surface area contributed by atoms with Crippen LogP contribution in [0.15, 0.2) is 24.3 Å². The lowest BCUT2D eigenvalue weighted by Gasteiger charge is -2.28. The third-order valence-corrected chi connectivity index (χ3v) is 7.18. The first-order valence-corrected chi connectivity index (χ1v) is 12.0. The van der Waals surface area contributed by atoms with Gasteiger partial charge in [0.15, 0.2) is 6.29 Å². The number of anilines is 1. The predicted octanol–water partition coefficient (Wildman–Crippen LogP) is 4.45. The maximum absolute atomic E-state index is 13.1. The topological polar surface area (TPSA) is 85.4 Å². The predicted molar refractivity (Wildman–Crippen MR) is 121 cm³/mol. The van der Waals surface area contributed by atoms with Gasteiger partial charge in [-0.2, -0.15) is 13.2 Å². The second-order valence-corrected chi connectivity index (χ2v) is 9.76. The number of halogens is 3. The Morgan fingerprint density at radius 1 is 1.17 bits per heavy atom. The van der Waals surface area contributed by atoms with Crippen molar-refractivity contribution < 1.29 is 27.4 Å². The molecule has 35 heavy (non-hydrogen) atoms. The average Bonchev–Trinajstić information content (AvgIpc) is 3.55. The molecule has 1 saturated heterocycles. The Balaban J connectivity index is 1.38. The number of carbonyl (C=O) groups excluding carboxylic acids is 1. The van der Waals surface area contributed by atoms with E-state index in [0.29, 0.717) is 47.6 Å². The van der Waals surface area contributed by atoms with Gasteiger partial charge in [-0.1, -0.05) is 12.1 Å². The Labute approximate surface area is 201 Å². The largest absolute Gasteiger partial charge is 0.416 e. The van der Waals surface area contributed by atoms with Crippen LogP contribution < -0.4 is 10.6 Å². The molecule has 188 valence electrons. The summed E-state index contributed by atoms with van der Waals surface area (Å²) in [5.74, 6) is 1.44. The van der Waals surface area contributed by atoms with Crippen LogP contribution >= 0.6 is 0 Å². The maximum Gasteiger partial charge on any atom is 0.416 e. The number of alkyl halides is 3. The number of benzene rings is 1. The van der Waals surface area contributed by atoms with E-state index in [0.717, 1.165) is 44.2 Å². The molecular formula is C25H29F3N4O3. The van der Waals surface area contributed by atoms with E-state index in [1.54, 1.807) is 13.0 Å². The van der Waals surface area contributed by atoms with Crippen molar-refractivity contribution in [3.05, 3.63) is 52.5 Å². The summed E-state index contributed by atoms with van der Waals surface area (Å²) in [5.41, 5.74) is 0.650. The minimum Gasteiger partial charge on any atom is -0.365 e. The normalized spacial score (nSPS) is 24.2. The number of nitrogens with zero attached hydrogens (tertiary/aromatic N) is 2. The Kier molecular flexibility index (Phi) is 6.43. The summed E-state index contributed by atoms with van der Waals surface area (Å²) in [5, 5.41) is 6.39. The third-order valence-electron chi connectivity index (χ3n) is 7.18. The highest BCUT2D eigenvalue weighted by atomic mass is 19.4. The van der Waals surface area contributed by atoms with Gasteiger partial charge in [0.05, 0.1) is 36.5 Å². The number of nitrogens with one attached hydrogen (secondary N) is 2. The first kappa shape index (κ1) is 24.0. The first-order valence-electron chi connectivity index (χ1n) is 12.0. The molecule has 1 amide bonds. The highest BCUT2D eigenvalue weighted by Crippen LogP contribution is 2.47. The summed E-state index contributed by atoms with van der Waals surface area (Å²) in [6, 6.07) is 5.13. The molecule has 2 aromatic rings. The number of rotatable bonds is 7. The van der Waals surface area contributed by atoms with Gasteiger partial charge in [0.1, 0.15) is 11.6 Å². The number of aryl methyl sites for hydroxylation is 1. The van der Waals surface area contributed by atoms with Crippen LogP contribution in [-0.4, -0.2) is 34.6 Å². The van der Waals surface area contributed by atoms with Crippen molar-refractivity contribution in [2.75, 3.05) is 18.5 Å². The highest BCUT2D eigenvalue weighted by molar-refractivity contribution is 5.80. The Hall–Kier alpha value is -2.72. The van der Waals surface area contributed by atoms with Crippen molar-refractivity contribution in [3.63, 3.8) is 0 Å². The number of hydrogen-bond donors (Lipinski definition) is 2. The van der Waals surface area contributed by atoms with Gasteiger partial charge in [-0.05, 0) is 62.6 Å². The van der Waals surface area contributed by atoms with Gasteiger partial charge < -0.3 is 20.1 Å². The van der Waals surface area contributed by atoms with Crippen LogP contribution in [0.25, 0.3) is 0 Å². The quantitative estimate of drug-likeness (QED) is 0.597. The van der Waals surface area contributed by atoms with E-state index in [2.05, 4.69) is 20.6 Å². The van der Waals surface area contributed by atoms with E-state index in [9.17, 15) is 18.0 Å². The molecule has 0 spiro atoms. The summed E-state index contributed by atoms with van der Waals surface area (Å²) in [7, 11) is 0. The van der Waals surface area contributed by atoms with Crippen molar-refractivity contribution in [3.8, 4) is 0 Å². The molecule has 1 aromatic carbocycles. The molecule has 1 aromatic heterocycles. The van der Waals surface area contributed by atoms with Crippen LogP contribution in [0, 0.1) is 12.8 Å². The van der Waals surface area contributed by atoms with Crippen LogP contribution in [-0.2, 0) is 33.4 Å². The lowest BCUT2D eigenvalue weighted by molar-refractivity contribution is -0.137. The van der Waals surface area contributed by atoms with Crippen LogP contribution in [0.5, 0.6) is 0 Å². The number of amides is 1. The van der Waals surface area contributed by atoms with E-state index in [1.165, 1.54) is 6.07 Å². The fraction of sp³-hybridized carbons (Fsp3) is 0.560. The second kappa shape index (κ2) is 9.39. The summed E-state index contributed by atoms with van der Waals surface area (Å²) in [6.07, 6.45) is 0.256. The fourth-order valence-corrected chi connectivity index (χ4v) is 5.58. The van der Waals surface area contributed by atoms with Crippen LogP contribution in [0.3, 0.4) is 0 Å². The molecule has 10 heteroatoms. The van der Waals surface area contributed by atoms with Crippen LogP contribution in [0.1, 0.15) is 66.6 Å². The highest BCUT2D eigenvalue weighted by Gasteiger charge is 2.45. The van der Waals surface area contributed by atoms with E-state index >= 15 is 0 Å². The summed E-state index contributed by atoms with van der Waals surface area (Å²) in [4.78, 5) is 22.1. The van der Waals surface area contributed by atoms with Gasteiger partial charge in [-0.3, -0.25) is 4.79 Å². The number of aromatic nitrogens is 2. The Morgan fingerprint density at radius 2 is 1.91 bits per heavy atom. The molecule has 2 saturated carbocycles. The van der Waals surface area contributed by atoms with E-state index in [1.807, 2.05) is 0 Å². The Morgan fingerprint density at radius 3 is 2.57 bits per heavy atom. The minimum atomic E-state index is -4.42. The number of carbonyl (C=O) groups is 1. The van der Waals surface area contributed by atoms with Gasteiger partial charge >= 0.3 is 6.18 Å². The van der Waals surface area contributed by atoms with Crippen molar-refractivity contribution in [1.82, 2.24) is 15.3 Å². The van der Waals surface area contributed by atoms with E-state index in [4.69, 9.17) is 9.47 Å². The third kappa shape index (κ3) is 5.28. The van der Waals surface area contributed by atoms with E-state index in [-0.39, 0.29) is 24.4 Å². The molecule has 2 heterocycles. The van der Waals surface area contributed by atoms with E-state index < -0.39 is 18.0 Å². The lowest BCUT2D eigenvalue weighted by atomic mass is 9.93. The van der Waals surface area contributed by atoms with Gasteiger partial charge in [-0.15, -0.1) is 0 Å². The van der Waals surface area contributed by atoms with Crippen LogP contribution in [0.2, 0.25) is 0 Å². The summed E-state index contributed by atoms with van der Waals surface area (Å²) in [6.45, 7) is 2.61. The molecule has 0 unspecified atom stereocenters. The molecule has 1 aliphatic heterocycles. The Bertz CT molecular complexity index is 1090. The number of fused-ring (bicyclic) bond motifs is 2. The van der Waals surface area contributed by atoms with Gasteiger partial charge in [-0.25, -0.2) is 9.97 Å². The maximum atomic E-state index is 13.1. The van der Waals surface area contributed by atoms with Gasteiger partial charge in [0.2, 0.25) is 5.91 Å². The zero-order valence-electron chi connectivity index (χ0n) is 19.6. The van der Waals surface area contributed by atoms with Crippen molar-refractivity contribution in [2.24, 2.45) is 5.92 Å².